The van der Waals surface area contributed by atoms with Crippen LogP contribution in [0.4, 0.5) is 13.6 Å². The lowest BCUT2D eigenvalue weighted by Gasteiger charge is -2.53. The third-order valence-electron chi connectivity index (χ3n) is 14.2. The number of halogens is 3. The quantitative estimate of drug-likeness (QED) is 0.145. The van der Waals surface area contributed by atoms with Gasteiger partial charge in [0.05, 0.1) is 18.1 Å². The zero-order valence-electron chi connectivity index (χ0n) is 36.5. The number of fused-ring (bicyclic) bond motifs is 6. The van der Waals surface area contributed by atoms with E-state index in [9.17, 15) is 28.3 Å². The van der Waals surface area contributed by atoms with Gasteiger partial charge in [-0.3, -0.25) is 9.59 Å². The minimum atomic E-state index is -0.651. The van der Waals surface area contributed by atoms with Gasteiger partial charge in [0.25, 0.3) is 0 Å². The summed E-state index contributed by atoms with van der Waals surface area (Å²) in [7, 11) is 0. The zero-order chi connectivity index (χ0) is 43.7. The third-order valence-corrected chi connectivity index (χ3v) is 14.2. The molecule has 6 saturated carbocycles. The molecule has 2 amide bonds. The highest BCUT2D eigenvalue weighted by Gasteiger charge is 2.54. The van der Waals surface area contributed by atoms with Gasteiger partial charge >= 0.3 is 12.1 Å². The monoisotopic (exact) mass is 885 g/mol. The molecule has 4 bridgehead atoms. The second-order valence-corrected chi connectivity index (χ2v) is 19.0. The van der Waals surface area contributed by atoms with Crippen LogP contribution in [0.1, 0.15) is 122 Å². The first-order valence-corrected chi connectivity index (χ1v) is 22.0. The van der Waals surface area contributed by atoms with Crippen LogP contribution in [0.25, 0.3) is 0 Å². The Hall–Kier alpha value is -4.20. The van der Waals surface area contributed by atoms with Crippen LogP contribution >= 0.6 is 12.4 Å². The van der Waals surface area contributed by atoms with Crippen LogP contribution in [0.3, 0.4) is 0 Å². The van der Waals surface area contributed by atoms with Crippen molar-refractivity contribution < 1.29 is 47.2 Å². The van der Waals surface area contributed by atoms with Crippen LogP contribution in [0, 0.1) is 10.8 Å². The molecule has 0 aromatic heterocycles. The van der Waals surface area contributed by atoms with Crippen LogP contribution in [-0.2, 0) is 29.9 Å². The fourth-order valence-corrected chi connectivity index (χ4v) is 10.00. The molecule has 62 heavy (non-hydrogen) atoms. The highest BCUT2D eigenvalue weighted by Crippen LogP contribution is 2.59. The van der Waals surface area contributed by atoms with Crippen molar-refractivity contribution >= 4 is 30.4 Å². The Kier molecular flexibility index (Phi) is 16.5. The van der Waals surface area contributed by atoms with Gasteiger partial charge in [-0.1, -0.05) is 24.3 Å². The van der Waals surface area contributed by atoms with Gasteiger partial charge in [0.15, 0.2) is 0 Å². The number of carbonyl (C=O) groups is 3. The fourth-order valence-electron chi connectivity index (χ4n) is 10.00. The number of aliphatic carboxylic acids is 1. The number of carbonyl (C=O) groups excluding carboxylic acids is 2. The number of nitrogens with one attached hydrogen (secondary N) is 2. The van der Waals surface area contributed by atoms with Gasteiger partial charge in [-0.15, -0.1) is 12.4 Å². The number of hydrogen-bond donors (Lipinski definition) is 4. The third kappa shape index (κ3) is 11.7. The van der Waals surface area contributed by atoms with Crippen LogP contribution in [0.15, 0.2) is 72.3 Å². The summed E-state index contributed by atoms with van der Waals surface area (Å²) in [6, 6.07) is 16.3. The minimum absolute atomic E-state index is 0. The predicted molar refractivity (Wildman–Crippen MR) is 236 cm³/mol. The first-order chi connectivity index (χ1) is 29.2. The van der Waals surface area contributed by atoms with Crippen molar-refractivity contribution in [2.24, 2.45) is 16.6 Å². The molecule has 2 aromatic rings. The van der Waals surface area contributed by atoms with Crippen LogP contribution < -0.4 is 25.8 Å². The molecule has 342 valence electrons. The second kappa shape index (κ2) is 21.0. The number of carboxylic acid groups (broad SMARTS) is 1. The fraction of sp³-hybridized carbons (Fsp3) is 0.604. The van der Waals surface area contributed by atoms with E-state index in [1.807, 2.05) is 36.4 Å². The van der Waals surface area contributed by atoms with Gasteiger partial charge in [0.2, 0.25) is 5.91 Å². The Morgan fingerprint density at radius 2 is 1.18 bits per heavy atom. The normalized spacial score (nSPS) is 27.2. The van der Waals surface area contributed by atoms with E-state index >= 15 is 0 Å². The van der Waals surface area contributed by atoms with Gasteiger partial charge in [-0.05, 0) is 157 Å². The SMILES string of the molecule is CC(C)(C)OC(=O)NC/C(=C\F)COc1ccc(C23CCC(C(=O)O)(CC2)CC3)cc1.Cl.NC/C(=C\F)COc1ccc(C23CCC(C(=O)NC4CCOCC4)(CC2)CC3)cc1. The molecule has 0 spiro atoms. The van der Waals surface area contributed by atoms with E-state index < -0.39 is 23.1 Å². The minimum Gasteiger partial charge on any atom is -0.489 e. The molecule has 1 aliphatic heterocycles. The van der Waals surface area contributed by atoms with E-state index in [0.29, 0.717) is 24.0 Å². The van der Waals surface area contributed by atoms with E-state index in [2.05, 4.69) is 22.8 Å². The molecule has 7 fully saturated rings. The van der Waals surface area contributed by atoms with Crippen molar-refractivity contribution in [1.29, 1.82) is 0 Å². The average Bonchev–Trinajstić information content (AvgIpc) is 3.28. The molecular weight excluding hydrogens is 820 g/mol. The maximum Gasteiger partial charge on any atom is 0.407 e. The molecule has 7 aliphatic rings. The summed E-state index contributed by atoms with van der Waals surface area (Å²) in [5.41, 5.74) is 7.64. The van der Waals surface area contributed by atoms with E-state index in [0.717, 1.165) is 109 Å². The van der Waals surface area contributed by atoms with Crippen molar-refractivity contribution in [2.75, 3.05) is 39.5 Å². The Morgan fingerprint density at radius 1 is 0.742 bits per heavy atom. The number of amides is 2. The molecular formula is C48H66ClF2N3O8. The maximum absolute atomic E-state index is 13.2. The summed E-state index contributed by atoms with van der Waals surface area (Å²) in [5, 5.41) is 15.4. The molecule has 0 radical (unpaired) electrons. The topological polar surface area (TPSA) is 158 Å². The molecule has 1 saturated heterocycles. The largest absolute Gasteiger partial charge is 0.489 e. The number of carboxylic acids is 1. The number of ether oxygens (including phenoxy) is 4. The number of nitrogens with two attached hydrogens (primary N) is 1. The molecule has 2 aromatic carbocycles. The van der Waals surface area contributed by atoms with Gasteiger partial charge in [0, 0.05) is 48.9 Å². The zero-order valence-corrected chi connectivity index (χ0v) is 37.4. The standard InChI is InChI=1S/C24H33FN2O3.C24H32FNO5.ClH/c25-15-18(16-26)17-30-21-3-1-19(2-4-21)23-7-10-24(11-8-23,12-9-23)22(28)27-20-5-13-29-14-6-20;1-22(2,3)31-21(29)26-15-17(14-25)16-30-19-6-4-18(5-7-19)23-8-11-24(12-9-23,13-10-23)20(27)28;/h1-4,15,20H,5-14,16-17,26H2,(H,27,28);4-7,14H,8-13,15-16H2,1-3H3,(H,26,29)(H,27,28);1H/b18-15+;17-14+;. The second-order valence-electron chi connectivity index (χ2n) is 19.0. The summed E-state index contributed by atoms with van der Waals surface area (Å²) in [6.07, 6.45) is 13.1. The number of rotatable bonds is 14. The number of hydrogen-bond acceptors (Lipinski definition) is 8. The molecule has 6 aliphatic carbocycles. The van der Waals surface area contributed by atoms with E-state index in [4.69, 9.17) is 24.7 Å². The lowest BCUT2D eigenvalue weighted by molar-refractivity contribution is -0.156. The van der Waals surface area contributed by atoms with E-state index in [-0.39, 0.29) is 72.5 Å². The average molecular weight is 887 g/mol. The maximum atomic E-state index is 13.2. The van der Waals surface area contributed by atoms with Crippen LogP contribution in [-0.4, -0.2) is 74.2 Å². The molecule has 0 atom stereocenters. The lowest BCUT2D eigenvalue weighted by atomic mass is 9.51. The first kappa shape index (κ1) is 48.8. The van der Waals surface area contributed by atoms with Crippen molar-refractivity contribution in [3.8, 4) is 11.5 Å². The van der Waals surface area contributed by atoms with Gasteiger partial charge in [-0.25, -0.2) is 13.6 Å². The molecule has 11 nitrogen and oxygen atoms in total. The Balaban J connectivity index is 0.000000231. The summed E-state index contributed by atoms with van der Waals surface area (Å²) < 4.78 is 47.7. The summed E-state index contributed by atoms with van der Waals surface area (Å²) in [4.78, 5) is 36.4. The highest BCUT2D eigenvalue weighted by molar-refractivity contribution is 5.85. The summed E-state index contributed by atoms with van der Waals surface area (Å²) in [5.74, 6) is 0.952. The number of alkyl carbamates (subject to hydrolysis) is 1. The smallest absolute Gasteiger partial charge is 0.407 e. The van der Waals surface area contributed by atoms with Crippen molar-refractivity contribution in [2.45, 2.75) is 133 Å². The molecule has 14 heteroatoms. The molecule has 0 unspecified atom stereocenters. The van der Waals surface area contributed by atoms with Gasteiger partial charge in [-0.2, -0.15) is 0 Å². The van der Waals surface area contributed by atoms with Crippen LogP contribution in [0.5, 0.6) is 11.5 Å². The summed E-state index contributed by atoms with van der Waals surface area (Å²) in [6.45, 7) is 7.10. The predicted octanol–water partition coefficient (Wildman–Crippen LogP) is 9.31. The first-order valence-electron chi connectivity index (χ1n) is 22.0. The van der Waals surface area contributed by atoms with Crippen molar-refractivity contribution in [3.63, 3.8) is 0 Å². The van der Waals surface area contributed by atoms with Gasteiger partial charge < -0.3 is 40.4 Å². The van der Waals surface area contributed by atoms with E-state index in [1.165, 1.54) is 11.1 Å². The molecule has 1 heterocycles. The van der Waals surface area contributed by atoms with Crippen molar-refractivity contribution in [3.05, 3.63) is 83.5 Å². The Morgan fingerprint density at radius 3 is 1.58 bits per heavy atom. The van der Waals surface area contributed by atoms with Crippen molar-refractivity contribution in [1.82, 2.24) is 10.6 Å². The Labute approximate surface area is 371 Å². The Bertz CT molecular complexity index is 1840. The molecule has 9 rings (SSSR count). The van der Waals surface area contributed by atoms with Crippen LogP contribution in [0.2, 0.25) is 0 Å². The highest BCUT2D eigenvalue weighted by atomic mass is 35.5. The number of benzene rings is 2. The summed E-state index contributed by atoms with van der Waals surface area (Å²) >= 11 is 0. The van der Waals surface area contributed by atoms with E-state index in [1.54, 1.807) is 20.8 Å². The lowest BCUT2D eigenvalue weighted by Crippen LogP contribution is -2.54. The van der Waals surface area contributed by atoms with Gasteiger partial charge in [0.1, 0.15) is 30.3 Å². The molecule has 5 N–H and O–H groups in total.